The van der Waals surface area contributed by atoms with Crippen molar-refractivity contribution in [2.75, 3.05) is 9.80 Å². The second-order valence-corrected chi connectivity index (χ2v) is 25.2. The topological polar surface area (TPSA) is 11.4 Å². The zero-order valence-corrected chi connectivity index (χ0v) is 51.0. The van der Waals surface area contributed by atoms with Crippen LogP contribution in [0.3, 0.4) is 0 Å². The standard InChI is InChI=1S/C88H63N3/c1-88(2,3)62-53-67(89(66-49-51-80-76-35-13-11-31-72(76)74-33-15-17-37-78(74)84(80)57-66)64-28-22-29-65(55-64)91-85-42-20-18-38-81(85)82-39-19-21-43-86(82)91)56-68(54-62)90(87-69(59-24-6-4-7-25-59)40-23-41-70(87)60-26-8-5-9-27-60)63-47-44-58(45-48-63)61-46-50-79-75-34-12-10-30-71(75)73-32-14-16-36-77(73)83(79)52-61/h4-57H,1-3H3. The van der Waals surface area contributed by atoms with E-state index in [0.29, 0.717) is 0 Å². The maximum Gasteiger partial charge on any atom is 0.0618 e. The van der Waals surface area contributed by atoms with Gasteiger partial charge >= 0.3 is 0 Å². The predicted octanol–water partition coefficient (Wildman–Crippen LogP) is 24.9. The van der Waals surface area contributed by atoms with Crippen molar-refractivity contribution >= 4 is 121 Å². The summed E-state index contributed by atoms with van der Waals surface area (Å²) < 4.78 is 2.43. The molecule has 0 unspecified atom stereocenters. The molecule has 17 aromatic rings. The van der Waals surface area contributed by atoms with Crippen LogP contribution in [0, 0.1) is 0 Å². The van der Waals surface area contributed by atoms with E-state index >= 15 is 0 Å². The molecular formula is C88H63N3. The van der Waals surface area contributed by atoms with Gasteiger partial charge in [-0.3, -0.25) is 0 Å². The van der Waals surface area contributed by atoms with Gasteiger partial charge in [-0.05, 0) is 177 Å². The molecule has 0 atom stereocenters. The van der Waals surface area contributed by atoms with Crippen molar-refractivity contribution in [1.29, 1.82) is 0 Å². The molecule has 1 heterocycles. The van der Waals surface area contributed by atoms with Crippen molar-refractivity contribution in [3.05, 3.63) is 333 Å². The van der Waals surface area contributed by atoms with E-state index in [2.05, 4.69) is 363 Å². The Kier molecular flexibility index (Phi) is 12.8. The summed E-state index contributed by atoms with van der Waals surface area (Å²) in [5, 5.41) is 17.5. The monoisotopic (exact) mass is 1160 g/mol. The van der Waals surface area contributed by atoms with Crippen LogP contribution in [-0.2, 0) is 5.41 Å². The predicted molar refractivity (Wildman–Crippen MR) is 390 cm³/mol. The smallest absolute Gasteiger partial charge is 0.0618 e. The molecule has 0 fully saturated rings. The second-order valence-electron chi connectivity index (χ2n) is 25.2. The van der Waals surface area contributed by atoms with Crippen molar-refractivity contribution in [3.63, 3.8) is 0 Å². The Labute approximate surface area is 530 Å². The molecule has 0 radical (unpaired) electrons. The average Bonchev–Trinajstić information content (AvgIpc) is 1.38. The Morgan fingerprint density at radius 3 is 1.12 bits per heavy atom. The van der Waals surface area contributed by atoms with E-state index in [1.54, 1.807) is 0 Å². The molecule has 0 aliphatic carbocycles. The summed E-state index contributed by atoms with van der Waals surface area (Å²) in [5.74, 6) is 0. The molecule has 91 heavy (non-hydrogen) atoms. The van der Waals surface area contributed by atoms with E-state index in [0.717, 1.165) is 67.6 Å². The third-order valence-corrected chi connectivity index (χ3v) is 18.8. The fraction of sp³-hybridized carbons (Fsp3) is 0.0455. The molecular weight excluding hydrogens is 1100 g/mol. The van der Waals surface area contributed by atoms with Crippen molar-refractivity contribution in [1.82, 2.24) is 4.57 Å². The summed E-state index contributed by atoms with van der Waals surface area (Å²) in [4.78, 5) is 5.05. The molecule has 0 amide bonds. The molecule has 0 saturated carbocycles. The van der Waals surface area contributed by atoms with Gasteiger partial charge < -0.3 is 14.4 Å². The summed E-state index contributed by atoms with van der Waals surface area (Å²) in [6, 6.07) is 122. The maximum absolute atomic E-state index is 2.54. The van der Waals surface area contributed by atoms with Gasteiger partial charge in [-0.2, -0.15) is 0 Å². The third-order valence-electron chi connectivity index (χ3n) is 18.8. The maximum atomic E-state index is 2.54. The highest BCUT2D eigenvalue weighted by Crippen LogP contribution is 2.51. The van der Waals surface area contributed by atoms with Crippen molar-refractivity contribution in [2.24, 2.45) is 0 Å². The quantitative estimate of drug-likeness (QED) is 0.126. The normalized spacial score (nSPS) is 11.9. The Morgan fingerprint density at radius 2 is 0.615 bits per heavy atom. The summed E-state index contributed by atoms with van der Waals surface area (Å²) in [6.07, 6.45) is 0. The molecule has 0 aliphatic rings. The van der Waals surface area contributed by atoms with Gasteiger partial charge in [-0.25, -0.2) is 0 Å². The van der Waals surface area contributed by atoms with E-state index in [-0.39, 0.29) is 5.41 Å². The molecule has 3 heteroatoms. The van der Waals surface area contributed by atoms with Crippen molar-refractivity contribution in [2.45, 2.75) is 26.2 Å². The Hall–Kier alpha value is -11.5. The first-order chi connectivity index (χ1) is 44.8. The highest BCUT2D eigenvalue weighted by Gasteiger charge is 2.28. The van der Waals surface area contributed by atoms with Crippen LogP contribution in [0.5, 0.6) is 0 Å². The number of hydrogen-bond donors (Lipinski definition) is 0. The van der Waals surface area contributed by atoms with Crippen molar-refractivity contribution in [3.8, 4) is 39.1 Å². The lowest BCUT2D eigenvalue weighted by Crippen LogP contribution is -2.18. The highest BCUT2D eigenvalue weighted by molar-refractivity contribution is 6.27. The van der Waals surface area contributed by atoms with Crippen LogP contribution in [0.2, 0.25) is 0 Å². The minimum Gasteiger partial charge on any atom is -0.310 e. The number of nitrogens with zero attached hydrogens (tertiary/aromatic N) is 3. The molecule has 3 nitrogen and oxygen atoms in total. The van der Waals surface area contributed by atoms with E-state index in [1.165, 1.54) is 97.6 Å². The number of fused-ring (bicyclic) bond motifs is 15. The van der Waals surface area contributed by atoms with Gasteiger partial charge in [0.1, 0.15) is 0 Å². The first-order valence-corrected chi connectivity index (χ1v) is 31.6. The van der Waals surface area contributed by atoms with Crippen LogP contribution in [0.1, 0.15) is 26.3 Å². The lowest BCUT2D eigenvalue weighted by Gasteiger charge is -2.34. The molecule has 0 saturated heterocycles. The Balaban J connectivity index is 0.925. The van der Waals surface area contributed by atoms with E-state index in [1.807, 2.05) is 0 Å². The summed E-state index contributed by atoms with van der Waals surface area (Å²) in [7, 11) is 0. The molecule has 430 valence electrons. The zero-order valence-electron chi connectivity index (χ0n) is 51.0. The number of hydrogen-bond acceptors (Lipinski definition) is 2. The van der Waals surface area contributed by atoms with Gasteiger partial charge in [-0.15, -0.1) is 0 Å². The van der Waals surface area contributed by atoms with Crippen LogP contribution in [-0.4, -0.2) is 4.57 Å². The number of anilines is 6. The fourth-order valence-corrected chi connectivity index (χ4v) is 14.5. The zero-order chi connectivity index (χ0) is 60.7. The molecule has 0 aliphatic heterocycles. The van der Waals surface area contributed by atoms with Gasteiger partial charge in [0.15, 0.2) is 0 Å². The average molecular weight is 1160 g/mol. The number of aromatic nitrogens is 1. The van der Waals surface area contributed by atoms with E-state index in [4.69, 9.17) is 0 Å². The van der Waals surface area contributed by atoms with Crippen LogP contribution >= 0.6 is 0 Å². The van der Waals surface area contributed by atoms with E-state index in [9.17, 15) is 0 Å². The lowest BCUT2D eigenvalue weighted by atomic mass is 9.85. The van der Waals surface area contributed by atoms with Crippen LogP contribution in [0.15, 0.2) is 328 Å². The second kappa shape index (κ2) is 21.7. The van der Waals surface area contributed by atoms with Gasteiger partial charge in [0, 0.05) is 56.0 Å². The van der Waals surface area contributed by atoms with E-state index < -0.39 is 0 Å². The van der Waals surface area contributed by atoms with Crippen LogP contribution in [0.4, 0.5) is 34.1 Å². The molecule has 1 aromatic heterocycles. The first kappa shape index (κ1) is 53.7. The largest absolute Gasteiger partial charge is 0.310 e. The minimum atomic E-state index is -0.276. The fourth-order valence-electron chi connectivity index (χ4n) is 14.5. The molecule has 0 spiro atoms. The Morgan fingerprint density at radius 1 is 0.231 bits per heavy atom. The van der Waals surface area contributed by atoms with Gasteiger partial charge in [0.25, 0.3) is 0 Å². The van der Waals surface area contributed by atoms with Crippen LogP contribution in [0.25, 0.3) is 126 Å². The Bertz CT molecular complexity index is 5510. The highest BCUT2D eigenvalue weighted by atomic mass is 15.2. The number of rotatable bonds is 10. The SMILES string of the molecule is CC(C)(C)c1cc(N(c2cccc(-n3c4ccccc4c4ccccc43)c2)c2ccc3c4ccccc4c4ccccc4c3c2)cc(N(c2ccc(-c3ccc4c5ccccc5c5ccccc5c4c3)cc2)c2c(-c3ccccc3)cccc2-c2ccccc2)c1. The minimum absolute atomic E-state index is 0.276. The summed E-state index contributed by atoms with van der Waals surface area (Å²) in [6.45, 7) is 7.04. The molecule has 16 aromatic carbocycles. The van der Waals surface area contributed by atoms with Gasteiger partial charge in [0.05, 0.1) is 16.7 Å². The van der Waals surface area contributed by atoms with Gasteiger partial charge in [-0.1, -0.05) is 269 Å². The van der Waals surface area contributed by atoms with Crippen LogP contribution < -0.4 is 9.80 Å². The summed E-state index contributed by atoms with van der Waals surface area (Å²) in [5.41, 5.74) is 17.6. The first-order valence-electron chi connectivity index (χ1n) is 31.6. The number of benzene rings is 16. The lowest BCUT2D eigenvalue weighted by molar-refractivity contribution is 0.590. The third kappa shape index (κ3) is 9.11. The summed E-state index contributed by atoms with van der Waals surface area (Å²) >= 11 is 0. The van der Waals surface area contributed by atoms with Crippen molar-refractivity contribution < 1.29 is 0 Å². The number of para-hydroxylation sites is 3. The molecule has 17 rings (SSSR count). The molecule has 0 N–H and O–H groups in total. The molecule has 0 bridgehead atoms. The van der Waals surface area contributed by atoms with Gasteiger partial charge in [0.2, 0.25) is 0 Å².